The van der Waals surface area contributed by atoms with Crippen molar-refractivity contribution in [3.63, 3.8) is 0 Å². The third-order valence-electron chi connectivity index (χ3n) is 3.47. The van der Waals surface area contributed by atoms with E-state index in [4.69, 9.17) is 16.3 Å². The zero-order valence-corrected chi connectivity index (χ0v) is 11.0. The number of methoxy groups -OCH3 is 1. The van der Waals surface area contributed by atoms with Gasteiger partial charge in [0.2, 0.25) is 0 Å². The van der Waals surface area contributed by atoms with Crippen molar-refractivity contribution in [2.45, 2.75) is 18.4 Å². The smallest absolute Gasteiger partial charge is 0.134 e. The summed E-state index contributed by atoms with van der Waals surface area (Å²) >= 11 is 6.00. The molecule has 0 bridgehead atoms. The predicted octanol–water partition coefficient (Wildman–Crippen LogP) is 3.43. The lowest BCUT2D eigenvalue weighted by atomic mass is 10.1. The minimum Gasteiger partial charge on any atom is -0.497 e. The minimum absolute atomic E-state index is 0.0475. The van der Waals surface area contributed by atoms with Crippen LogP contribution < -0.4 is 10.1 Å². The fourth-order valence-electron chi connectivity index (χ4n) is 2.07. The zero-order valence-electron chi connectivity index (χ0n) is 10.2. The van der Waals surface area contributed by atoms with Gasteiger partial charge in [-0.2, -0.15) is 0 Å². The van der Waals surface area contributed by atoms with Crippen LogP contribution in [0.1, 0.15) is 12.8 Å². The van der Waals surface area contributed by atoms with Crippen LogP contribution >= 0.6 is 11.6 Å². The maximum atomic E-state index is 6.00. The molecule has 3 rings (SSSR count). The molecule has 2 aromatic rings. The molecule has 0 unspecified atom stereocenters. The molecule has 1 aliphatic rings. The number of nitrogens with one attached hydrogen (secondary N) is 1. The van der Waals surface area contributed by atoms with Crippen LogP contribution in [0.25, 0.3) is 10.8 Å². The Labute approximate surface area is 111 Å². The van der Waals surface area contributed by atoms with Gasteiger partial charge in [-0.25, -0.2) is 4.98 Å². The molecule has 0 atom stereocenters. The van der Waals surface area contributed by atoms with E-state index >= 15 is 0 Å². The van der Waals surface area contributed by atoms with Crippen LogP contribution in [0.5, 0.6) is 5.75 Å². The second-order valence-corrected chi connectivity index (χ2v) is 5.05. The summed E-state index contributed by atoms with van der Waals surface area (Å²) in [6.45, 7) is 0. The minimum atomic E-state index is 0.0475. The van der Waals surface area contributed by atoms with Crippen LogP contribution in [0, 0.1) is 0 Å². The van der Waals surface area contributed by atoms with Crippen molar-refractivity contribution in [1.82, 2.24) is 4.98 Å². The van der Waals surface area contributed by atoms with Crippen molar-refractivity contribution in [2.75, 3.05) is 18.3 Å². The zero-order chi connectivity index (χ0) is 12.6. The number of hydrogen-bond donors (Lipinski definition) is 1. The summed E-state index contributed by atoms with van der Waals surface area (Å²) in [6.07, 6.45) is 4.04. The van der Waals surface area contributed by atoms with Gasteiger partial charge >= 0.3 is 0 Å². The van der Waals surface area contributed by atoms with Crippen LogP contribution in [0.2, 0.25) is 0 Å². The normalized spacial score (nSPS) is 16.6. The Bertz CT molecular complexity index is 581. The molecular formula is C14H15ClN2O. The Morgan fingerprint density at radius 1 is 1.39 bits per heavy atom. The van der Waals surface area contributed by atoms with E-state index in [9.17, 15) is 0 Å². The second kappa shape index (κ2) is 4.32. The van der Waals surface area contributed by atoms with Crippen molar-refractivity contribution in [2.24, 2.45) is 0 Å². The predicted molar refractivity (Wildman–Crippen MR) is 74.6 cm³/mol. The van der Waals surface area contributed by atoms with Gasteiger partial charge < -0.3 is 10.1 Å². The number of pyridine rings is 1. The molecule has 0 spiro atoms. The quantitative estimate of drug-likeness (QED) is 0.858. The molecule has 4 heteroatoms. The van der Waals surface area contributed by atoms with Gasteiger partial charge in [-0.05, 0) is 36.4 Å². The number of fused-ring (bicyclic) bond motifs is 1. The van der Waals surface area contributed by atoms with Crippen LogP contribution in [0.15, 0.2) is 30.5 Å². The Balaban J connectivity index is 2.05. The number of halogens is 1. The van der Waals surface area contributed by atoms with Gasteiger partial charge in [0.15, 0.2) is 0 Å². The molecule has 1 aliphatic carbocycles. The van der Waals surface area contributed by atoms with E-state index in [0.29, 0.717) is 5.88 Å². The van der Waals surface area contributed by atoms with E-state index in [0.717, 1.165) is 35.2 Å². The van der Waals surface area contributed by atoms with Crippen LogP contribution in [-0.4, -0.2) is 23.5 Å². The van der Waals surface area contributed by atoms with E-state index in [-0.39, 0.29) is 5.54 Å². The molecule has 1 aromatic heterocycles. The largest absolute Gasteiger partial charge is 0.497 e. The lowest BCUT2D eigenvalue weighted by Gasteiger charge is -2.16. The van der Waals surface area contributed by atoms with Crippen molar-refractivity contribution in [3.05, 3.63) is 30.5 Å². The van der Waals surface area contributed by atoms with Gasteiger partial charge in [-0.15, -0.1) is 11.6 Å². The van der Waals surface area contributed by atoms with Gasteiger partial charge in [0.05, 0.1) is 12.6 Å². The summed E-state index contributed by atoms with van der Waals surface area (Å²) in [5.41, 5.74) is 0.0475. The standard InChI is InChI=1S/C14H15ClN2O/c1-18-11-3-2-10-4-7-16-13(12(10)8-11)17-14(9-15)5-6-14/h2-4,7-8H,5-6,9H2,1H3,(H,16,17). The summed E-state index contributed by atoms with van der Waals surface area (Å²) in [6, 6.07) is 8.01. The molecule has 0 radical (unpaired) electrons. The summed E-state index contributed by atoms with van der Waals surface area (Å²) < 4.78 is 5.27. The molecule has 1 saturated carbocycles. The molecule has 1 fully saturated rings. The summed E-state index contributed by atoms with van der Waals surface area (Å²) in [5.74, 6) is 2.36. The highest BCUT2D eigenvalue weighted by molar-refractivity contribution is 6.19. The highest BCUT2D eigenvalue weighted by Crippen LogP contribution is 2.41. The molecule has 3 nitrogen and oxygen atoms in total. The summed E-state index contributed by atoms with van der Waals surface area (Å²) in [7, 11) is 1.67. The van der Waals surface area contributed by atoms with Gasteiger partial charge in [-0.1, -0.05) is 6.07 Å². The lowest BCUT2D eigenvalue weighted by Crippen LogP contribution is -2.23. The van der Waals surface area contributed by atoms with Gasteiger partial charge in [0.1, 0.15) is 11.6 Å². The fraction of sp³-hybridized carbons (Fsp3) is 0.357. The van der Waals surface area contributed by atoms with E-state index < -0.39 is 0 Å². The highest BCUT2D eigenvalue weighted by atomic mass is 35.5. The maximum absolute atomic E-state index is 6.00. The highest BCUT2D eigenvalue weighted by Gasteiger charge is 2.42. The number of alkyl halides is 1. The number of benzene rings is 1. The molecule has 1 aromatic carbocycles. The first-order valence-electron chi connectivity index (χ1n) is 6.03. The molecule has 1 heterocycles. The Kier molecular flexibility index (Phi) is 2.78. The number of aromatic nitrogens is 1. The van der Waals surface area contributed by atoms with E-state index in [2.05, 4.69) is 10.3 Å². The van der Waals surface area contributed by atoms with E-state index in [1.807, 2.05) is 30.5 Å². The number of rotatable bonds is 4. The van der Waals surface area contributed by atoms with Gasteiger partial charge in [0, 0.05) is 17.5 Å². The third-order valence-corrected chi connectivity index (χ3v) is 3.98. The topological polar surface area (TPSA) is 34.1 Å². The Morgan fingerprint density at radius 2 is 2.22 bits per heavy atom. The molecule has 0 saturated heterocycles. The molecular weight excluding hydrogens is 248 g/mol. The first-order chi connectivity index (χ1) is 8.76. The maximum Gasteiger partial charge on any atom is 0.134 e. The number of anilines is 1. The Morgan fingerprint density at radius 3 is 2.89 bits per heavy atom. The summed E-state index contributed by atoms with van der Waals surface area (Å²) in [5, 5.41) is 5.70. The first-order valence-corrected chi connectivity index (χ1v) is 6.57. The molecule has 0 amide bonds. The van der Waals surface area contributed by atoms with Crippen molar-refractivity contribution < 1.29 is 4.74 Å². The van der Waals surface area contributed by atoms with Crippen LogP contribution in [0.4, 0.5) is 5.82 Å². The average molecular weight is 263 g/mol. The average Bonchev–Trinajstić information content (AvgIpc) is 3.19. The Hall–Kier alpha value is -1.48. The molecule has 18 heavy (non-hydrogen) atoms. The van der Waals surface area contributed by atoms with Crippen molar-refractivity contribution in [3.8, 4) is 5.75 Å². The number of ether oxygens (including phenoxy) is 1. The van der Waals surface area contributed by atoms with Crippen LogP contribution in [0.3, 0.4) is 0 Å². The van der Waals surface area contributed by atoms with Crippen LogP contribution in [-0.2, 0) is 0 Å². The van der Waals surface area contributed by atoms with E-state index in [1.165, 1.54) is 0 Å². The fourth-order valence-corrected chi connectivity index (χ4v) is 2.40. The molecule has 1 N–H and O–H groups in total. The monoisotopic (exact) mass is 262 g/mol. The molecule has 0 aliphatic heterocycles. The van der Waals surface area contributed by atoms with Crippen molar-refractivity contribution in [1.29, 1.82) is 0 Å². The first kappa shape index (κ1) is 11.6. The second-order valence-electron chi connectivity index (χ2n) is 4.79. The van der Waals surface area contributed by atoms with Gasteiger partial charge in [0.25, 0.3) is 0 Å². The van der Waals surface area contributed by atoms with E-state index in [1.54, 1.807) is 7.11 Å². The number of hydrogen-bond acceptors (Lipinski definition) is 3. The third kappa shape index (κ3) is 1.99. The molecule has 94 valence electrons. The van der Waals surface area contributed by atoms with Crippen molar-refractivity contribution >= 4 is 28.2 Å². The number of nitrogens with zero attached hydrogens (tertiary/aromatic N) is 1. The lowest BCUT2D eigenvalue weighted by molar-refractivity contribution is 0.415. The van der Waals surface area contributed by atoms with Gasteiger partial charge in [-0.3, -0.25) is 0 Å². The SMILES string of the molecule is COc1ccc2ccnc(NC3(CCl)CC3)c2c1. The summed E-state index contributed by atoms with van der Waals surface area (Å²) in [4.78, 5) is 4.43.